The second-order valence-corrected chi connectivity index (χ2v) is 5.76. The van der Waals surface area contributed by atoms with E-state index < -0.39 is 5.97 Å². The average Bonchev–Trinajstić information content (AvgIpc) is 2.60. The van der Waals surface area contributed by atoms with Crippen LogP contribution in [0.3, 0.4) is 0 Å². The van der Waals surface area contributed by atoms with E-state index in [1.807, 2.05) is 17.0 Å². The number of fused-ring (bicyclic) bond motifs is 1. The number of carbonyl (C=O) groups excluding carboxylic acids is 1. The van der Waals surface area contributed by atoms with Gasteiger partial charge >= 0.3 is 5.97 Å². The Hall–Kier alpha value is -2.62. The molecule has 0 aromatic heterocycles. The van der Waals surface area contributed by atoms with Crippen molar-refractivity contribution in [3.8, 4) is 0 Å². The molecule has 0 radical (unpaired) electrons. The molecule has 0 saturated heterocycles. The van der Waals surface area contributed by atoms with E-state index in [2.05, 4.69) is 19.1 Å². The monoisotopic (exact) mass is 309 g/mol. The molecule has 118 valence electrons. The van der Waals surface area contributed by atoms with E-state index in [0.29, 0.717) is 12.1 Å². The van der Waals surface area contributed by atoms with E-state index in [1.165, 1.54) is 23.3 Å². The highest BCUT2D eigenvalue weighted by molar-refractivity contribution is 5.97. The minimum Gasteiger partial charge on any atom is -0.478 e. The number of carboxylic acids is 1. The predicted octanol–water partition coefficient (Wildman–Crippen LogP) is 3.53. The van der Waals surface area contributed by atoms with Crippen molar-refractivity contribution in [1.29, 1.82) is 0 Å². The van der Waals surface area contributed by atoms with Crippen molar-refractivity contribution >= 4 is 11.9 Å². The molecule has 1 heterocycles. The first-order chi connectivity index (χ1) is 11.1. The Labute approximate surface area is 135 Å². The first-order valence-electron chi connectivity index (χ1n) is 7.84. The molecule has 1 aliphatic heterocycles. The van der Waals surface area contributed by atoms with Gasteiger partial charge in [0.25, 0.3) is 5.91 Å². The van der Waals surface area contributed by atoms with Crippen LogP contribution in [0.2, 0.25) is 0 Å². The van der Waals surface area contributed by atoms with Gasteiger partial charge in [0, 0.05) is 12.1 Å². The lowest BCUT2D eigenvalue weighted by molar-refractivity contribution is 0.0655. The number of carbonyl (C=O) groups is 2. The van der Waals surface area contributed by atoms with Crippen LogP contribution in [0.4, 0.5) is 0 Å². The zero-order valence-electron chi connectivity index (χ0n) is 13.0. The van der Waals surface area contributed by atoms with Gasteiger partial charge in [0.15, 0.2) is 0 Å². The number of aromatic carboxylic acids is 1. The maximum atomic E-state index is 12.9. The van der Waals surface area contributed by atoms with Crippen LogP contribution in [0.5, 0.6) is 0 Å². The lowest BCUT2D eigenvalue weighted by atomic mass is 9.90. The van der Waals surface area contributed by atoms with Gasteiger partial charge in [0.1, 0.15) is 0 Å². The van der Waals surface area contributed by atoms with Crippen molar-refractivity contribution in [3.05, 3.63) is 70.8 Å². The highest BCUT2D eigenvalue weighted by atomic mass is 16.4. The number of carboxylic acid groups (broad SMARTS) is 1. The second kappa shape index (κ2) is 6.24. The molecule has 0 fully saturated rings. The van der Waals surface area contributed by atoms with Crippen molar-refractivity contribution in [2.75, 3.05) is 6.54 Å². The molecule has 2 aromatic rings. The third-order valence-electron chi connectivity index (χ3n) is 4.42. The van der Waals surface area contributed by atoms with Crippen LogP contribution in [0.15, 0.2) is 48.5 Å². The second-order valence-electron chi connectivity index (χ2n) is 5.76. The molecule has 2 aromatic carbocycles. The average molecular weight is 309 g/mol. The summed E-state index contributed by atoms with van der Waals surface area (Å²) < 4.78 is 0. The molecule has 0 spiro atoms. The third-order valence-corrected chi connectivity index (χ3v) is 4.42. The summed E-state index contributed by atoms with van der Waals surface area (Å²) in [5, 5.41) is 9.10. The summed E-state index contributed by atoms with van der Waals surface area (Å²) in [6.07, 6.45) is 1.67. The van der Waals surface area contributed by atoms with Crippen LogP contribution in [-0.4, -0.2) is 28.4 Å². The normalized spacial score (nSPS) is 16.7. The SMILES string of the molecule is CC[C@@H]1c2ccccc2CCN1C(=O)c1cccc(C(=O)O)c1. The fourth-order valence-corrected chi connectivity index (χ4v) is 3.29. The van der Waals surface area contributed by atoms with Crippen molar-refractivity contribution in [2.24, 2.45) is 0 Å². The molecule has 0 unspecified atom stereocenters. The van der Waals surface area contributed by atoms with E-state index in [1.54, 1.807) is 12.1 Å². The fraction of sp³-hybridized carbons (Fsp3) is 0.263. The number of hydrogen-bond donors (Lipinski definition) is 1. The molecule has 1 N–H and O–H groups in total. The van der Waals surface area contributed by atoms with Crippen LogP contribution in [-0.2, 0) is 6.42 Å². The molecule has 1 amide bonds. The van der Waals surface area contributed by atoms with E-state index >= 15 is 0 Å². The summed E-state index contributed by atoms with van der Waals surface area (Å²) in [6, 6.07) is 14.5. The van der Waals surface area contributed by atoms with Gasteiger partial charge in [-0.25, -0.2) is 4.79 Å². The Kier molecular flexibility index (Phi) is 4.15. The van der Waals surface area contributed by atoms with Crippen molar-refractivity contribution in [1.82, 2.24) is 4.90 Å². The van der Waals surface area contributed by atoms with Gasteiger partial charge in [0.05, 0.1) is 11.6 Å². The largest absolute Gasteiger partial charge is 0.478 e. The van der Waals surface area contributed by atoms with Gasteiger partial charge < -0.3 is 10.0 Å². The van der Waals surface area contributed by atoms with Crippen LogP contribution in [0, 0.1) is 0 Å². The Morgan fingerprint density at radius 2 is 1.87 bits per heavy atom. The summed E-state index contributed by atoms with van der Waals surface area (Å²) in [4.78, 5) is 25.9. The fourth-order valence-electron chi connectivity index (χ4n) is 3.29. The lowest BCUT2D eigenvalue weighted by Crippen LogP contribution is -2.39. The van der Waals surface area contributed by atoms with E-state index in [4.69, 9.17) is 5.11 Å². The molecule has 23 heavy (non-hydrogen) atoms. The number of rotatable bonds is 3. The highest BCUT2D eigenvalue weighted by Gasteiger charge is 2.30. The Morgan fingerprint density at radius 3 is 2.61 bits per heavy atom. The summed E-state index contributed by atoms with van der Waals surface area (Å²) in [6.45, 7) is 2.73. The van der Waals surface area contributed by atoms with Crippen molar-refractivity contribution < 1.29 is 14.7 Å². The lowest BCUT2D eigenvalue weighted by Gasteiger charge is -2.37. The third kappa shape index (κ3) is 2.84. The number of benzene rings is 2. The molecule has 3 rings (SSSR count). The van der Waals surface area contributed by atoms with Gasteiger partial charge in [-0.3, -0.25) is 4.79 Å². The molecule has 0 bridgehead atoms. The Bertz CT molecular complexity index is 754. The molecule has 4 heteroatoms. The summed E-state index contributed by atoms with van der Waals surface area (Å²) >= 11 is 0. The highest BCUT2D eigenvalue weighted by Crippen LogP contribution is 2.33. The zero-order valence-corrected chi connectivity index (χ0v) is 13.0. The van der Waals surface area contributed by atoms with Gasteiger partial charge in [0.2, 0.25) is 0 Å². The standard InChI is InChI=1S/C19H19NO3/c1-2-17-16-9-4-3-6-13(16)10-11-20(17)18(21)14-7-5-8-15(12-14)19(22)23/h3-9,12,17H,2,10-11H2,1H3,(H,22,23)/t17-/m1/s1. The smallest absolute Gasteiger partial charge is 0.335 e. The number of hydrogen-bond acceptors (Lipinski definition) is 2. The Morgan fingerprint density at radius 1 is 1.13 bits per heavy atom. The van der Waals surface area contributed by atoms with E-state index in [9.17, 15) is 9.59 Å². The maximum absolute atomic E-state index is 12.9. The topological polar surface area (TPSA) is 57.6 Å². The van der Waals surface area contributed by atoms with Crippen LogP contribution < -0.4 is 0 Å². The number of nitrogens with zero attached hydrogens (tertiary/aromatic N) is 1. The van der Waals surface area contributed by atoms with Crippen LogP contribution >= 0.6 is 0 Å². The van der Waals surface area contributed by atoms with Crippen molar-refractivity contribution in [3.63, 3.8) is 0 Å². The Balaban J connectivity index is 1.94. The first kappa shape index (κ1) is 15.3. The minimum absolute atomic E-state index is 0.0425. The molecule has 4 nitrogen and oxygen atoms in total. The van der Waals surface area contributed by atoms with Crippen LogP contribution in [0.1, 0.15) is 51.2 Å². The quantitative estimate of drug-likeness (QED) is 0.943. The van der Waals surface area contributed by atoms with Crippen LogP contribution in [0.25, 0.3) is 0 Å². The van der Waals surface area contributed by atoms with Gasteiger partial charge in [-0.15, -0.1) is 0 Å². The van der Waals surface area contributed by atoms with Gasteiger partial charge in [-0.05, 0) is 42.2 Å². The first-order valence-corrected chi connectivity index (χ1v) is 7.84. The molecule has 1 aliphatic rings. The molecular formula is C19H19NO3. The van der Waals surface area contributed by atoms with Gasteiger partial charge in [-0.2, -0.15) is 0 Å². The maximum Gasteiger partial charge on any atom is 0.335 e. The summed E-state index contributed by atoms with van der Waals surface area (Å²) in [5.74, 6) is -1.12. The van der Waals surface area contributed by atoms with Crippen molar-refractivity contribution in [2.45, 2.75) is 25.8 Å². The zero-order chi connectivity index (χ0) is 16.4. The van der Waals surface area contributed by atoms with E-state index in [0.717, 1.165) is 12.8 Å². The summed E-state index contributed by atoms with van der Waals surface area (Å²) in [5.41, 5.74) is 3.07. The molecular weight excluding hydrogens is 290 g/mol. The molecule has 0 aliphatic carbocycles. The van der Waals surface area contributed by atoms with Gasteiger partial charge in [-0.1, -0.05) is 37.3 Å². The minimum atomic E-state index is -1.02. The molecule has 0 saturated carbocycles. The molecule has 1 atom stereocenters. The predicted molar refractivity (Wildman–Crippen MR) is 87.6 cm³/mol. The summed E-state index contributed by atoms with van der Waals surface area (Å²) in [7, 11) is 0. The number of amides is 1. The van der Waals surface area contributed by atoms with E-state index in [-0.39, 0.29) is 17.5 Å².